The molecule has 0 bridgehead atoms. The van der Waals surface area contributed by atoms with Crippen molar-refractivity contribution in [3.63, 3.8) is 0 Å². The number of ether oxygens (including phenoxy) is 1. The monoisotopic (exact) mass is 497 g/mol. The van der Waals surface area contributed by atoms with Gasteiger partial charge in [-0.25, -0.2) is 4.98 Å². The molecular formula is C21H32IN5O. The van der Waals surface area contributed by atoms with Crippen LogP contribution in [0.5, 0.6) is 0 Å². The van der Waals surface area contributed by atoms with Crippen molar-refractivity contribution >= 4 is 29.9 Å². The van der Waals surface area contributed by atoms with Crippen LogP contribution in [0.25, 0.3) is 0 Å². The Bertz CT molecular complexity index is 713. The summed E-state index contributed by atoms with van der Waals surface area (Å²) in [5, 5.41) is 3.40. The predicted molar refractivity (Wildman–Crippen MR) is 124 cm³/mol. The fourth-order valence-electron chi connectivity index (χ4n) is 3.42. The van der Waals surface area contributed by atoms with Gasteiger partial charge in [0.05, 0.1) is 6.61 Å². The second-order valence-corrected chi connectivity index (χ2v) is 7.05. The number of nitrogens with one attached hydrogen (secondary N) is 1. The molecule has 7 heteroatoms. The van der Waals surface area contributed by atoms with E-state index >= 15 is 0 Å². The van der Waals surface area contributed by atoms with Crippen LogP contribution in [0.3, 0.4) is 0 Å². The zero-order chi connectivity index (χ0) is 18.9. The summed E-state index contributed by atoms with van der Waals surface area (Å²) in [5.74, 6) is 2.64. The van der Waals surface area contributed by atoms with Crippen LogP contribution in [0.2, 0.25) is 0 Å². The average molecular weight is 497 g/mol. The minimum atomic E-state index is 0. The van der Waals surface area contributed by atoms with Gasteiger partial charge in [-0.1, -0.05) is 30.3 Å². The van der Waals surface area contributed by atoms with E-state index in [9.17, 15) is 0 Å². The number of rotatable bonds is 8. The normalized spacial score (nSPS) is 16.6. The first kappa shape index (κ1) is 22.7. The highest BCUT2D eigenvalue weighted by atomic mass is 127. The predicted octanol–water partition coefficient (Wildman–Crippen LogP) is 3.03. The zero-order valence-corrected chi connectivity index (χ0v) is 19.2. The number of hydrogen-bond donors (Lipinski definition) is 1. The lowest BCUT2D eigenvalue weighted by Crippen LogP contribution is -2.41. The second-order valence-electron chi connectivity index (χ2n) is 7.05. The van der Waals surface area contributed by atoms with Gasteiger partial charge in [-0.15, -0.1) is 24.0 Å². The van der Waals surface area contributed by atoms with E-state index in [1.165, 1.54) is 5.56 Å². The number of benzene rings is 1. The Morgan fingerprint density at radius 2 is 2.18 bits per heavy atom. The zero-order valence-electron chi connectivity index (χ0n) is 16.9. The number of hydrogen-bond acceptors (Lipinski definition) is 3. The molecule has 28 heavy (non-hydrogen) atoms. The smallest absolute Gasteiger partial charge is 0.193 e. The van der Waals surface area contributed by atoms with E-state index in [0.29, 0.717) is 5.92 Å². The highest BCUT2D eigenvalue weighted by Gasteiger charge is 2.19. The Labute approximate surface area is 185 Å². The van der Waals surface area contributed by atoms with Gasteiger partial charge < -0.3 is 19.5 Å². The maximum atomic E-state index is 5.49. The summed E-state index contributed by atoms with van der Waals surface area (Å²) in [6.07, 6.45) is 5.89. The van der Waals surface area contributed by atoms with Crippen LogP contribution in [0.15, 0.2) is 47.7 Å². The van der Waals surface area contributed by atoms with Crippen molar-refractivity contribution < 1.29 is 4.74 Å². The van der Waals surface area contributed by atoms with Crippen molar-refractivity contribution in [1.82, 2.24) is 19.8 Å². The minimum Gasteiger partial charge on any atom is -0.381 e. The molecule has 2 heterocycles. The third kappa shape index (κ3) is 6.77. The highest BCUT2D eigenvalue weighted by molar-refractivity contribution is 14.0. The molecule has 0 spiro atoms. The van der Waals surface area contributed by atoms with Crippen LogP contribution < -0.4 is 5.32 Å². The molecule has 1 aromatic heterocycles. The van der Waals surface area contributed by atoms with Crippen LogP contribution in [0.4, 0.5) is 0 Å². The maximum Gasteiger partial charge on any atom is 0.193 e. The van der Waals surface area contributed by atoms with Crippen molar-refractivity contribution in [2.75, 3.05) is 39.9 Å². The van der Waals surface area contributed by atoms with Gasteiger partial charge in [0.25, 0.3) is 0 Å². The Morgan fingerprint density at radius 3 is 2.89 bits per heavy atom. The molecule has 154 valence electrons. The summed E-state index contributed by atoms with van der Waals surface area (Å²) in [5.41, 5.74) is 1.28. The molecule has 1 atom stereocenters. The standard InChI is InChI=1S/C21H31N5O.HI/c1-3-22-21(25(2)15-19-10-14-27-17-19)24-11-9-20-23-12-13-26(20)16-18-7-5-4-6-8-18;/h4-8,12-13,19H,3,9-11,14-17H2,1-2H3,(H,22,24);1H. The molecule has 1 unspecified atom stereocenters. The third-order valence-corrected chi connectivity index (χ3v) is 4.85. The largest absolute Gasteiger partial charge is 0.381 e. The van der Waals surface area contributed by atoms with Gasteiger partial charge in [0.2, 0.25) is 0 Å². The summed E-state index contributed by atoms with van der Waals surface area (Å²) < 4.78 is 7.70. The third-order valence-electron chi connectivity index (χ3n) is 4.85. The fourth-order valence-corrected chi connectivity index (χ4v) is 3.42. The summed E-state index contributed by atoms with van der Waals surface area (Å²) in [4.78, 5) is 11.6. The quantitative estimate of drug-likeness (QED) is 0.346. The van der Waals surface area contributed by atoms with Gasteiger partial charge in [-0.2, -0.15) is 0 Å². The number of aliphatic imine (C=N–C) groups is 1. The van der Waals surface area contributed by atoms with Gasteiger partial charge >= 0.3 is 0 Å². The first-order chi connectivity index (χ1) is 13.3. The summed E-state index contributed by atoms with van der Waals surface area (Å²) in [7, 11) is 2.11. The van der Waals surface area contributed by atoms with Gasteiger partial charge in [0.1, 0.15) is 5.82 Å². The van der Waals surface area contributed by atoms with Gasteiger partial charge in [0.15, 0.2) is 5.96 Å². The number of guanidine groups is 1. The van der Waals surface area contributed by atoms with Crippen molar-refractivity contribution in [3.8, 4) is 0 Å². The molecule has 0 aliphatic carbocycles. The van der Waals surface area contributed by atoms with Gasteiger partial charge in [0, 0.05) is 64.6 Å². The first-order valence-corrected chi connectivity index (χ1v) is 9.87. The molecule has 1 aromatic carbocycles. The van der Waals surface area contributed by atoms with Gasteiger partial charge in [-0.05, 0) is 18.9 Å². The summed E-state index contributed by atoms with van der Waals surface area (Å²) >= 11 is 0. The number of imidazole rings is 1. The minimum absolute atomic E-state index is 0. The Hall–Kier alpha value is -1.61. The lowest BCUT2D eigenvalue weighted by Gasteiger charge is -2.24. The number of aromatic nitrogens is 2. The SMILES string of the molecule is CCNC(=NCCc1nccn1Cc1ccccc1)N(C)CC1CCOC1.I. The summed E-state index contributed by atoms with van der Waals surface area (Å²) in [6, 6.07) is 10.5. The van der Waals surface area contributed by atoms with E-state index in [2.05, 4.69) is 58.0 Å². The second kappa shape index (κ2) is 12.1. The van der Waals surface area contributed by atoms with Crippen LogP contribution in [0.1, 0.15) is 24.7 Å². The van der Waals surface area contributed by atoms with E-state index in [0.717, 1.165) is 64.0 Å². The molecule has 1 saturated heterocycles. The highest BCUT2D eigenvalue weighted by Crippen LogP contribution is 2.13. The van der Waals surface area contributed by atoms with Crippen LogP contribution in [-0.2, 0) is 17.7 Å². The lowest BCUT2D eigenvalue weighted by molar-refractivity contribution is 0.181. The van der Waals surface area contributed by atoms with Crippen molar-refractivity contribution in [1.29, 1.82) is 0 Å². The molecule has 0 amide bonds. The van der Waals surface area contributed by atoms with Crippen molar-refractivity contribution in [3.05, 3.63) is 54.1 Å². The van der Waals surface area contributed by atoms with Crippen LogP contribution in [-0.4, -0.2) is 60.3 Å². The van der Waals surface area contributed by atoms with Crippen molar-refractivity contribution in [2.45, 2.75) is 26.3 Å². The molecule has 1 fully saturated rings. The first-order valence-electron chi connectivity index (χ1n) is 9.87. The molecule has 1 N–H and O–H groups in total. The molecule has 0 radical (unpaired) electrons. The number of nitrogens with zero attached hydrogens (tertiary/aromatic N) is 4. The molecule has 1 aliphatic heterocycles. The van der Waals surface area contributed by atoms with Gasteiger partial charge in [-0.3, -0.25) is 4.99 Å². The topological polar surface area (TPSA) is 54.7 Å². The van der Waals surface area contributed by atoms with Crippen LogP contribution in [0, 0.1) is 5.92 Å². The Morgan fingerprint density at radius 1 is 1.36 bits per heavy atom. The molecule has 2 aromatic rings. The molecule has 6 nitrogen and oxygen atoms in total. The van der Waals surface area contributed by atoms with Crippen LogP contribution >= 0.6 is 24.0 Å². The average Bonchev–Trinajstić information content (AvgIpc) is 3.34. The number of halogens is 1. The van der Waals surface area contributed by atoms with E-state index in [1.54, 1.807) is 0 Å². The molecule has 3 rings (SSSR count). The molecular weight excluding hydrogens is 465 g/mol. The molecule has 1 aliphatic rings. The van der Waals surface area contributed by atoms with Crippen molar-refractivity contribution in [2.24, 2.45) is 10.9 Å². The van der Waals surface area contributed by atoms with E-state index in [-0.39, 0.29) is 24.0 Å². The van der Waals surface area contributed by atoms with E-state index < -0.39 is 0 Å². The fraction of sp³-hybridized carbons (Fsp3) is 0.524. The summed E-state index contributed by atoms with van der Waals surface area (Å²) in [6.45, 7) is 7.27. The van der Waals surface area contributed by atoms with E-state index in [1.807, 2.05) is 18.5 Å². The molecule has 0 saturated carbocycles. The Balaban J connectivity index is 0.00000280. The lowest BCUT2D eigenvalue weighted by atomic mass is 10.1. The Kier molecular flexibility index (Phi) is 9.77. The maximum absolute atomic E-state index is 5.49. The van der Waals surface area contributed by atoms with E-state index in [4.69, 9.17) is 9.73 Å².